The van der Waals surface area contributed by atoms with Gasteiger partial charge in [-0.15, -0.1) is 0 Å². The second-order valence-corrected chi connectivity index (χ2v) is 14.4. The summed E-state index contributed by atoms with van der Waals surface area (Å²) in [6.45, 7) is 9.95. The van der Waals surface area contributed by atoms with Crippen LogP contribution in [0.4, 0.5) is 42.6 Å². The normalized spacial score (nSPS) is 23.3. The molecular formula is C36H41F6N9O2. The molecule has 53 heavy (non-hydrogen) atoms. The number of aromatic nitrogens is 5. The van der Waals surface area contributed by atoms with E-state index < -0.39 is 57.6 Å². The summed E-state index contributed by atoms with van der Waals surface area (Å²) in [5.41, 5.74) is 1.19. The quantitative estimate of drug-likeness (QED) is 0.165. The van der Waals surface area contributed by atoms with Gasteiger partial charge >= 0.3 is 18.2 Å². The van der Waals surface area contributed by atoms with Crippen LogP contribution in [0.15, 0.2) is 18.5 Å². The molecule has 2 N–H and O–H groups in total. The smallest absolute Gasteiger partial charge is 0.417 e. The maximum atomic E-state index is 16.8. The van der Waals surface area contributed by atoms with Gasteiger partial charge < -0.3 is 20.3 Å². The van der Waals surface area contributed by atoms with E-state index in [-0.39, 0.29) is 60.4 Å². The van der Waals surface area contributed by atoms with E-state index in [0.29, 0.717) is 44.0 Å². The Labute approximate surface area is 302 Å². The number of likely N-dealkylation sites (tertiary alicyclic amines) is 1. The highest BCUT2D eigenvalue weighted by atomic mass is 19.4. The van der Waals surface area contributed by atoms with Gasteiger partial charge in [0.05, 0.1) is 40.0 Å². The number of hydrogen-bond donors (Lipinski definition) is 1. The van der Waals surface area contributed by atoms with Crippen LogP contribution in [0.3, 0.4) is 0 Å². The Kier molecular flexibility index (Phi) is 9.22. The highest BCUT2D eigenvalue weighted by Gasteiger charge is 2.49. The standard InChI is InChI=1S/C36H41F6N9O2/c1-6-49(26-8-11-50(20(26)4)34(52)51-15-18(2)45-21(51)5)32-24-14-44-30(23-12-25(43)28(38)19(3)27(23)36(40,41)42)29(39)31(24)46-33(47-32)53-17-35-9-7-10-48(35)16-22(37)13-35/h12,14-15,20,22,26H,6-11,13,16-17,43H2,1-5H3/t20-,22-,26-,35+/m1/s1. The fraction of sp³-hybridized carbons (Fsp3) is 0.528. The summed E-state index contributed by atoms with van der Waals surface area (Å²) in [5.74, 6) is -1.73. The van der Waals surface area contributed by atoms with E-state index in [1.165, 1.54) is 10.8 Å². The lowest BCUT2D eigenvalue weighted by molar-refractivity contribution is -0.137. The summed E-state index contributed by atoms with van der Waals surface area (Å²) in [6.07, 6.45) is -0.947. The van der Waals surface area contributed by atoms with Gasteiger partial charge in [-0.2, -0.15) is 23.1 Å². The van der Waals surface area contributed by atoms with Crippen LogP contribution in [-0.4, -0.2) is 96.9 Å². The fourth-order valence-electron chi connectivity index (χ4n) is 8.61. The monoisotopic (exact) mass is 745 g/mol. The number of hydrogen-bond acceptors (Lipinski definition) is 9. The number of likely N-dealkylation sites (N-methyl/N-ethyl adjacent to an activating group) is 1. The van der Waals surface area contributed by atoms with Crippen molar-refractivity contribution in [2.24, 2.45) is 0 Å². The number of rotatable bonds is 7. The molecule has 3 aliphatic heterocycles. The van der Waals surface area contributed by atoms with Gasteiger partial charge in [0, 0.05) is 44.0 Å². The predicted octanol–water partition coefficient (Wildman–Crippen LogP) is 6.61. The lowest BCUT2D eigenvalue weighted by Crippen LogP contribution is -2.47. The van der Waals surface area contributed by atoms with Gasteiger partial charge in [-0.1, -0.05) is 0 Å². The first-order chi connectivity index (χ1) is 25.0. The molecule has 3 saturated heterocycles. The van der Waals surface area contributed by atoms with E-state index in [4.69, 9.17) is 15.5 Å². The Morgan fingerprint density at radius 3 is 2.57 bits per heavy atom. The topological polar surface area (TPSA) is 119 Å². The zero-order valence-electron chi connectivity index (χ0n) is 30.1. The minimum Gasteiger partial charge on any atom is -0.461 e. The molecule has 17 heteroatoms. The lowest BCUT2D eigenvalue weighted by Gasteiger charge is -2.34. The van der Waals surface area contributed by atoms with Gasteiger partial charge in [0.25, 0.3) is 0 Å². The van der Waals surface area contributed by atoms with E-state index in [2.05, 4.69) is 15.0 Å². The summed E-state index contributed by atoms with van der Waals surface area (Å²) >= 11 is 0. The van der Waals surface area contributed by atoms with Gasteiger partial charge in [-0.05, 0) is 72.1 Å². The van der Waals surface area contributed by atoms with E-state index in [9.17, 15) is 26.7 Å². The van der Waals surface area contributed by atoms with Crippen LogP contribution in [0.25, 0.3) is 22.2 Å². The highest BCUT2D eigenvalue weighted by Crippen LogP contribution is 2.44. The minimum atomic E-state index is -5.07. The number of benzene rings is 1. The maximum Gasteiger partial charge on any atom is 0.417 e. The average Bonchev–Trinajstić information content (AvgIpc) is 3.84. The van der Waals surface area contributed by atoms with Crippen molar-refractivity contribution in [3.8, 4) is 17.3 Å². The number of ether oxygens (including phenoxy) is 1. The molecule has 4 aromatic rings. The van der Waals surface area contributed by atoms with Crippen LogP contribution in [0.1, 0.15) is 62.2 Å². The molecule has 0 unspecified atom stereocenters. The number of halogens is 6. The summed E-state index contributed by atoms with van der Waals surface area (Å²) in [4.78, 5) is 36.9. The lowest BCUT2D eigenvalue weighted by atomic mass is 9.95. The third-order valence-electron chi connectivity index (χ3n) is 11.1. The number of nitrogens with zero attached hydrogens (tertiary/aromatic N) is 8. The molecule has 0 radical (unpaired) electrons. The number of nitrogen functional groups attached to an aromatic ring is 1. The number of imidazole rings is 1. The number of aryl methyl sites for hydroxylation is 2. The second kappa shape index (κ2) is 13.3. The van der Waals surface area contributed by atoms with E-state index in [1.54, 1.807) is 24.9 Å². The molecule has 3 fully saturated rings. The van der Waals surface area contributed by atoms with E-state index in [0.717, 1.165) is 19.4 Å². The first-order valence-electron chi connectivity index (χ1n) is 17.7. The molecule has 4 atom stereocenters. The van der Waals surface area contributed by atoms with Crippen LogP contribution < -0.4 is 15.4 Å². The van der Waals surface area contributed by atoms with Crippen LogP contribution in [0.5, 0.6) is 6.01 Å². The Balaban J connectivity index is 1.34. The van der Waals surface area contributed by atoms with Crippen molar-refractivity contribution in [3.05, 3.63) is 52.7 Å². The summed E-state index contributed by atoms with van der Waals surface area (Å²) in [6, 6.07) is -0.469. The molecule has 3 aliphatic rings. The van der Waals surface area contributed by atoms with E-state index in [1.807, 2.05) is 23.6 Å². The largest absolute Gasteiger partial charge is 0.461 e. The van der Waals surface area contributed by atoms with Crippen LogP contribution in [-0.2, 0) is 6.18 Å². The first-order valence-corrected chi connectivity index (χ1v) is 17.7. The number of nitrogens with two attached hydrogens (primary N) is 1. The van der Waals surface area contributed by atoms with Gasteiger partial charge in [0.2, 0.25) is 0 Å². The molecule has 284 valence electrons. The Morgan fingerprint density at radius 1 is 1.13 bits per heavy atom. The fourth-order valence-corrected chi connectivity index (χ4v) is 8.61. The summed E-state index contributed by atoms with van der Waals surface area (Å²) in [7, 11) is 0. The molecule has 7 rings (SSSR count). The first kappa shape index (κ1) is 36.7. The highest BCUT2D eigenvalue weighted by molar-refractivity contribution is 5.93. The molecule has 1 aromatic carbocycles. The van der Waals surface area contributed by atoms with Crippen molar-refractivity contribution >= 4 is 28.4 Å². The number of carbonyl (C=O) groups is 1. The molecule has 11 nitrogen and oxygen atoms in total. The number of pyridine rings is 1. The van der Waals surface area contributed by atoms with Gasteiger partial charge in [0.15, 0.2) is 5.82 Å². The molecule has 0 saturated carbocycles. The Morgan fingerprint density at radius 2 is 1.89 bits per heavy atom. The molecule has 1 amide bonds. The number of fused-ring (bicyclic) bond motifs is 2. The van der Waals surface area contributed by atoms with Crippen molar-refractivity contribution in [2.45, 2.75) is 90.3 Å². The maximum absolute atomic E-state index is 16.8. The van der Waals surface area contributed by atoms with Crippen molar-refractivity contribution in [1.82, 2.24) is 34.3 Å². The zero-order chi connectivity index (χ0) is 38.1. The SMILES string of the molecule is CCN(c1nc(OC[C@@]23CCCN2C[C@H](F)C3)nc2c(F)c(-c3cc(N)c(F)c(C)c3C(F)(F)F)ncc12)[C@@H]1CCN(C(=O)n2cc(C)nc2C)[C@@H]1C. The van der Waals surface area contributed by atoms with Crippen molar-refractivity contribution in [1.29, 1.82) is 0 Å². The third-order valence-corrected chi connectivity index (χ3v) is 11.1. The van der Waals surface area contributed by atoms with Gasteiger partial charge in [-0.25, -0.2) is 22.9 Å². The van der Waals surface area contributed by atoms with Crippen molar-refractivity contribution in [2.75, 3.05) is 43.4 Å². The number of anilines is 2. The summed E-state index contributed by atoms with van der Waals surface area (Å²) in [5, 5.41) is 0.0872. The number of amides is 1. The summed E-state index contributed by atoms with van der Waals surface area (Å²) < 4.78 is 96.9. The predicted molar refractivity (Wildman–Crippen MR) is 185 cm³/mol. The van der Waals surface area contributed by atoms with Gasteiger partial charge in [-0.3, -0.25) is 14.5 Å². The zero-order valence-corrected chi connectivity index (χ0v) is 30.1. The second-order valence-electron chi connectivity index (χ2n) is 14.4. The molecule has 3 aromatic heterocycles. The van der Waals surface area contributed by atoms with Crippen LogP contribution in [0.2, 0.25) is 0 Å². The third kappa shape index (κ3) is 6.19. The Bertz CT molecular complexity index is 2090. The van der Waals surface area contributed by atoms with Crippen molar-refractivity contribution in [3.63, 3.8) is 0 Å². The molecule has 6 heterocycles. The molecule has 0 aliphatic carbocycles. The van der Waals surface area contributed by atoms with Gasteiger partial charge in [0.1, 0.15) is 41.4 Å². The molecule has 0 bridgehead atoms. The average molecular weight is 746 g/mol. The number of carbonyl (C=O) groups excluding carboxylic acids is 1. The van der Waals surface area contributed by atoms with Crippen LogP contribution in [0, 0.1) is 32.4 Å². The Hall–Kier alpha value is -4.67. The number of alkyl halides is 4. The molecule has 0 spiro atoms. The van der Waals surface area contributed by atoms with Crippen LogP contribution >= 0.6 is 0 Å². The van der Waals surface area contributed by atoms with E-state index >= 15 is 4.39 Å². The van der Waals surface area contributed by atoms with Crippen molar-refractivity contribution < 1.29 is 35.9 Å². The minimum absolute atomic E-state index is 0.0156. The molecular weight excluding hydrogens is 704 g/mol.